The van der Waals surface area contributed by atoms with Crippen LogP contribution in [0, 0.1) is 6.92 Å². The molecule has 1 heterocycles. The number of rotatable bonds is 5. The van der Waals surface area contributed by atoms with Crippen molar-refractivity contribution in [1.29, 1.82) is 0 Å². The van der Waals surface area contributed by atoms with Crippen molar-refractivity contribution in [1.82, 2.24) is 4.57 Å². The first kappa shape index (κ1) is 19.2. The summed E-state index contributed by atoms with van der Waals surface area (Å²) < 4.78 is 58.0. The number of benzene rings is 1. The van der Waals surface area contributed by atoms with Crippen LogP contribution in [0.25, 0.3) is 0 Å². The monoisotopic (exact) mass is 387 g/mol. The van der Waals surface area contributed by atoms with Crippen molar-refractivity contribution in [2.75, 3.05) is 0 Å². The van der Waals surface area contributed by atoms with Gasteiger partial charge in [0.2, 0.25) is 15.7 Å². The molecule has 2 aromatic rings. The molecule has 0 unspecified atom stereocenters. The summed E-state index contributed by atoms with van der Waals surface area (Å²) in [4.78, 5) is 11.7. The molecular weight excluding hydrogens is 370 g/mol. The van der Waals surface area contributed by atoms with E-state index in [2.05, 4.69) is 0 Å². The maximum absolute atomic E-state index is 12.9. The second-order valence-corrected chi connectivity index (χ2v) is 8.69. The first-order valence-electron chi connectivity index (χ1n) is 7.21. The summed E-state index contributed by atoms with van der Waals surface area (Å²) in [5.74, 6) is -1.82. The normalized spacial score (nSPS) is 12.3. The van der Waals surface area contributed by atoms with Crippen LogP contribution >= 0.6 is 0 Å². The number of aromatic hydroxyl groups is 1. The largest absolute Gasteiger partial charge is 0.493 e. The molecule has 0 spiro atoms. The first-order chi connectivity index (χ1) is 11.5. The zero-order chi connectivity index (χ0) is 19.0. The molecule has 0 saturated heterocycles. The van der Waals surface area contributed by atoms with E-state index < -0.39 is 47.6 Å². The fourth-order valence-electron chi connectivity index (χ4n) is 2.53. The summed E-state index contributed by atoms with van der Waals surface area (Å²) >= 11 is 0. The lowest BCUT2D eigenvalue weighted by molar-refractivity contribution is 0.392. The molecule has 0 aliphatic rings. The molecule has 136 valence electrons. The van der Waals surface area contributed by atoms with Crippen molar-refractivity contribution in [3.05, 3.63) is 51.8 Å². The van der Waals surface area contributed by atoms with Crippen LogP contribution in [0.2, 0.25) is 0 Å². The van der Waals surface area contributed by atoms with E-state index in [1.165, 1.54) is 38.1 Å². The van der Waals surface area contributed by atoms with Gasteiger partial charge in [0.15, 0.2) is 0 Å². The highest BCUT2D eigenvalue weighted by Gasteiger charge is 2.30. The Balaban J connectivity index is 2.92. The summed E-state index contributed by atoms with van der Waals surface area (Å²) in [6.45, 7) is 2.63. The van der Waals surface area contributed by atoms with Crippen molar-refractivity contribution in [3.63, 3.8) is 0 Å². The van der Waals surface area contributed by atoms with Crippen LogP contribution in [-0.2, 0) is 32.3 Å². The third kappa shape index (κ3) is 3.60. The topological polar surface area (TPSA) is 131 Å². The zero-order valence-corrected chi connectivity index (χ0v) is 15.1. The summed E-state index contributed by atoms with van der Waals surface area (Å²) in [7, 11) is -8.79. The first-order valence-corrected chi connectivity index (χ1v) is 10.3. The van der Waals surface area contributed by atoms with E-state index in [1.807, 2.05) is 0 Å². The van der Waals surface area contributed by atoms with Crippen molar-refractivity contribution < 1.29 is 26.5 Å². The predicted molar refractivity (Wildman–Crippen MR) is 89.9 cm³/mol. The van der Waals surface area contributed by atoms with Crippen LogP contribution in [0.4, 0.5) is 0 Å². The molecule has 10 heteroatoms. The Morgan fingerprint density at radius 3 is 2.12 bits per heavy atom. The van der Waals surface area contributed by atoms with Gasteiger partial charge in [0.1, 0.15) is 10.6 Å². The van der Waals surface area contributed by atoms with Gasteiger partial charge in [-0.3, -0.25) is 13.9 Å². The third-order valence-corrected chi connectivity index (χ3v) is 6.29. The second kappa shape index (κ2) is 6.62. The van der Waals surface area contributed by atoms with E-state index >= 15 is 0 Å². The molecule has 0 amide bonds. The molecule has 25 heavy (non-hydrogen) atoms. The van der Waals surface area contributed by atoms with Gasteiger partial charge in [-0.15, -0.1) is 0 Å². The Hall–Kier alpha value is -2.17. The Morgan fingerprint density at radius 1 is 1.08 bits per heavy atom. The van der Waals surface area contributed by atoms with Gasteiger partial charge < -0.3 is 5.11 Å². The second-order valence-electron chi connectivity index (χ2n) is 5.35. The number of sulfone groups is 1. The van der Waals surface area contributed by atoms with Gasteiger partial charge in [0.05, 0.1) is 4.90 Å². The summed E-state index contributed by atoms with van der Waals surface area (Å²) in [5.41, 5.74) is -1.49. The smallest absolute Gasteiger partial charge is 0.269 e. The van der Waals surface area contributed by atoms with E-state index in [9.17, 15) is 26.7 Å². The van der Waals surface area contributed by atoms with Gasteiger partial charge in [-0.25, -0.2) is 8.42 Å². The Bertz CT molecular complexity index is 1070. The Kier molecular flexibility index (Phi) is 5.07. The molecule has 0 radical (unpaired) electrons. The molecule has 8 nitrogen and oxygen atoms in total. The van der Waals surface area contributed by atoms with E-state index in [0.29, 0.717) is 0 Å². The minimum absolute atomic E-state index is 0.0826. The molecule has 0 aliphatic heterocycles. The lowest BCUT2D eigenvalue weighted by Gasteiger charge is -2.17. The minimum atomic E-state index is -4.58. The zero-order valence-electron chi connectivity index (χ0n) is 13.5. The highest BCUT2D eigenvalue weighted by atomic mass is 32.2. The van der Waals surface area contributed by atoms with Crippen LogP contribution in [0.1, 0.15) is 18.1 Å². The highest BCUT2D eigenvalue weighted by Crippen LogP contribution is 2.32. The fraction of sp³-hybridized carbons (Fsp3) is 0.267. The number of aromatic nitrogens is 1. The van der Waals surface area contributed by atoms with Crippen LogP contribution in [0.15, 0.2) is 44.9 Å². The van der Waals surface area contributed by atoms with Gasteiger partial charge in [-0.2, -0.15) is 8.42 Å². The maximum Gasteiger partial charge on any atom is 0.269 e. The summed E-state index contributed by atoms with van der Waals surface area (Å²) in [6, 6.07) is 7.24. The summed E-state index contributed by atoms with van der Waals surface area (Å²) in [5, 5.41) is 10.3. The van der Waals surface area contributed by atoms with E-state index in [4.69, 9.17) is 4.55 Å². The predicted octanol–water partition coefficient (Wildman–Crippen LogP) is 1.10. The van der Waals surface area contributed by atoms with Crippen LogP contribution in [0.3, 0.4) is 0 Å². The lowest BCUT2D eigenvalue weighted by Crippen LogP contribution is -2.28. The molecule has 2 rings (SSSR count). The number of hydrogen-bond acceptors (Lipinski definition) is 6. The molecule has 0 fully saturated rings. The molecule has 0 bridgehead atoms. The van der Waals surface area contributed by atoms with Gasteiger partial charge in [-0.05, 0) is 31.5 Å². The Morgan fingerprint density at radius 2 is 1.64 bits per heavy atom. The molecule has 1 aromatic heterocycles. The van der Waals surface area contributed by atoms with E-state index in [1.54, 1.807) is 6.07 Å². The van der Waals surface area contributed by atoms with E-state index in [0.717, 1.165) is 4.57 Å². The number of hydrogen-bond donors (Lipinski definition) is 2. The minimum Gasteiger partial charge on any atom is -0.493 e. The Labute approximate surface area is 145 Å². The van der Waals surface area contributed by atoms with Gasteiger partial charge in [0.25, 0.3) is 15.7 Å². The highest BCUT2D eigenvalue weighted by molar-refractivity contribution is 7.91. The van der Waals surface area contributed by atoms with Crippen LogP contribution in [0.5, 0.6) is 5.88 Å². The third-order valence-electron chi connectivity index (χ3n) is 3.72. The molecule has 0 aliphatic carbocycles. The standard InChI is InChI=1S/C15H17NO7S2/c1-3-16-14(17)12(9-24(19,20)21)10(2)13(15(16)18)25(22,23)11-7-5-4-6-8-11/h4-8,18H,3,9H2,1-2H3,(H,19,20,21). The van der Waals surface area contributed by atoms with Crippen molar-refractivity contribution >= 4 is 20.0 Å². The molecule has 0 atom stereocenters. The van der Waals surface area contributed by atoms with Crippen LogP contribution < -0.4 is 5.56 Å². The molecule has 0 saturated carbocycles. The quantitative estimate of drug-likeness (QED) is 0.735. The molecular formula is C15H17NO7S2. The van der Waals surface area contributed by atoms with Crippen molar-refractivity contribution in [2.45, 2.75) is 35.9 Å². The van der Waals surface area contributed by atoms with Crippen molar-refractivity contribution in [3.8, 4) is 5.88 Å². The van der Waals surface area contributed by atoms with Gasteiger partial charge in [0, 0.05) is 12.1 Å². The number of pyridine rings is 1. The average Bonchev–Trinajstić information content (AvgIpc) is 2.52. The summed E-state index contributed by atoms with van der Waals surface area (Å²) in [6.07, 6.45) is 0. The van der Waals surface area contributed by atoms with Crippen LogP contribution in [-0.4, -0.2) is 31.1 Å². The van der Waals surface area contributed by atoms with E-state index in [-0.39, 0.29) is 17.0 Å². The maximum atomic E-state index is 12.9. The van der Waals surface area contributed by atoms with Gasteiger partial charge in [-0.1, -0.05) is 18.2 Å². The average molecular weight is 387 g/mol. The fourth-order valence-corrected chi connectivity index (χ4v) is 4.86. The number of nitrogens with zero attached hydrogens (tertiary/aromatic N) is 1. The lowest BCUT2D eigenvalue weighted by atomic mass is 10.1. The molecule has 2 N–H and O–H groups in total. The van der Waals surface area contributed by atoms with Gasteiger partial charge >= 0.3 is 0 Å². The molecule has 1 aromatic carbocycles. The SMILES string of the molecule is CCn1c(O)c(S(=O)(=O)c2ccccc2)c(C)c(CS(=O)(=O)O)c1=O. The van der Waals surface area contributed by atoms with Crippen molar-refractivity contribution in [2.24, 2.45) is 0 Å².